The molecular formula is C38H44IrNO3-. The molecule has 0 saturated carbocycles. The molecule has 0 spiro atoms. The third-order valence-electron chi connectivity index (χ3n) is 8.22. The zero-order valence-electron chi connectivity index (χ0n) is 26.5. The summed E-state index contributed by atoms with van der Waals surface area (Å²) in [5.41, 5.74) is 5.03. The molecule has 5 heteroatoms. The molecule has 1 N–H and O–H groups in total. The van der Waals surface area contributed by atoms with Crippen molar-refractivity contribution >= 4 is 38.4 Å². The molecule has 43 heavy (non-hydrogen) atoms. The van der Waals surface area contributed by atoms with E-state index in [0.29, 0.717) is 0 Å². The number of aromatic nitrogens is 1. The fourth-order valence-corrected chi connectivity index (χ4v) is 5.62. The minimum Gasteiger partial charge on any atom is -0.512 e. The van der Waals surface area contributed by atoms with Gasteiger partial charge in [0.2, 0.25) is 0 Å². The summed E-state index contributed by atoms with van der Waals surface area (Å²) in [6, 6.07) is 24.6. The van der Waals surface area contributed by atoms with Crippen LogP contribution in [0.4, 0.5) is 0 Å². The Morgan fingerprint density at radius 1 is 0.884 bits per heavy atom. The van der Waals surface area contributed by atoms with Crippen molar-refractivity contribution in [3.8, 4) is 11.3 Å². The van der Waals surface area contributed by atoms with Crippen molar-refractivity contribution in [2.45, 2.75) is 79.6 Å². The van der Waals surface area contributed by atoms with Gasteiger partial charge < -0.3 is 9.52 Å². The Labute approximate surface area is 270 Å². The maximum absolute atomic E-state index is 11.7. The van der Waals surface area contributed by atoms with Crippen LogP contribution in [0.3, 0.4) is 0 Å². The summed E-state index contributed by atoms with van der Waals surface area (Å²) < 4.78 is 5.70. The van der Waals surface area contributed by atoms with Crippen LogP contribution in [-0.2, 0) is 30.3 Å². The summed E-state index contributed by atoms with van der Waals surface area (Å²) in [6.45, 7) is 14.8. The molecule has 229 valence electrons. The van der Waals surface area contributed by atoms with Gasteiger partial charge in [0.25, 0.3) is 0 Å². The van der Waals surface area contributed by atoms with E-state index in [9.17, 15) is 9.90 Å². The number of rotatable bonds is 8. The van der Waals surface area contributed by atoms with Gasteiger partial charge in [-0.3, -0.25) is 9.78 Å². The monoisotopic (exact) mass is 755 g/mol. The van der Waals surface area contributed by atoms with Crippen molar-refractivity contribution in [1.29, 1.82) is 0 Å². The smallest absolute Gasteiger partial charge is 0.162 e. The SMILES string of the molecule is CC(C)(C)c1cc(-c2nc3ccoc3c3ccccc23)[c-]c2ccccc12.CCC(CC)C(=O)/C=C(\O)C(CC)CC.[Ir]. The Kier molecular flexibility index (Phi) is 11.9. The van der Waals surface area contributed by atoms with Crippen molar-refractivity contribution in [1.82, 2.24) is 4.98 Å². The Bertz CT molecular complexity index is 1700. The minimum absolute atomic E-state index is 0. The van der Waals surface area contributed by atoms with E-state index in [-0.39, 0.29) is 48.9 Å². The van der Waals surface area contributed by atoms with Gasteiger partial charge in [-0.15, -0.1) is 29.1 Å². The van der Waals surface area contributed by atoms with E-state index in [2.05, 4.69) is 69.3 Å². The van der Waals surface area contributed by atoms with Crippen LogP contribution < -0.4 is 0 Å². The standard InChI is InChI=1S/C25H20NO.C13H24O2.Ir/c1-25(2,3)21-15-17(14-16-8-4-5-9-18(16)21)23-19-10-6-7-11-20(19)24-22(26-23)12-13-27-24;1-5-10(6-2)12(14)9-13(15)11(7-3)8-4;/h4-13,15H,1-3H3;9-11,14H,5-8H2,1-4H3;/q-1;;/b;12-9-;. The minimum atomic E-state index is 0. The molecule has 0 fully saturated rings. The molecule has 0 amide bonds. The van der Waals surface area contributed by atoms with Gasteiger partial charge in [0, 0.05) is 55.2 Å². The topological polar surface area (TPSA) is 63.3 Å². The van der Waals surface area contributed by atoms with Crippen LogP contribution >= 0.6 is 0 Å². The number of pyridine rings is 1. The number of ketones is 1. The van der Waals surface area contributed by atoms with E-state index >= 15 is 0 Å². The second kappa shape index (κ2) is 14.9. The van der Waals surface area contributed by atoms with E-state index in [1.54, 1.807) is 6.26 Å². The number of fused-ring (bicyclic) bond motifs is 4. The molecule has 2 heterocycles. The van der Waals surface area contributed by atoms with Crippen molar-refractivity contribution in [2.24, 2.45) is 11.8 Å². The molecule has 1 radical (unpaired) electrons. The van der Waals surface area contributed by atoms with Crippen LogP contribution in [0.25, 0.3) is 43.9 Å². The molecule has 0 unspecified atom stereocenters. The van der Waals surface area contributed by atoms with Crippen LogP contribution in [0.5, 0.6) is 0 Å². The third-order valence-corrected chi connectivity index (χ3v) is 8.22. The Balaban J connectivity index is 0.000000274. The Morgan fingerprint density at radius 2 is 1.47 bits per heavy atom. The number of aliphatic hydroxyl groups is 1. The summed E-state index contributed by atoms with van der Waals surface area (Å²) in [4.78, 5) is 16.7. The van der Waals surface area contributed by atoms with Crippen LogP contribution in [0.2, 0.25) is 0 Å². The summed E-state index contributed by atoms with van der Waals surface area (Å²) >= 11 is 0. The molecule has 0 aliphatic heterocycles. The molecule has 0 bridgehead atoms. The zero-order valence-corrected chi connectivity index (χ0v) is 28.9. The van der Waals surface area contributed by atoms with Crippen LogP contribution in [0.15, 0.2) is 83.2 Å². The maximum Gasteiger partial charge on any atom is 0.162 e. The predicted octanol–water partition coefficient (Wildman–Crippen LogP) is 10.8. The van der Waals surface area contributed by atoms with E-state index in [4.69, 9.17) is 9.40 Å². The molecular weight excluding hydrogens is 711 g/mol. The summed E-state index contributed by atoms with van der Waals surface area (Å²) in [5.74, 6) is 0.547. The number of allylic oxidation sites excluding steroid dienone is 2. The van der Waals surface area contributed by atoms with Crippen LogP contribution in [-0.4, -0.2) is 15.9 Å². The molecule has 0 saturated heterocycles. The average Bonchev–Trinajstić information content (AvgIpc) is 3.46. The number of hydrogen-bond donors (Lipinski definition) is 1. The number of aliphatic hydroxyl groups excluding tert-OH is 1. The summed E-state index contributed by atoms with van der Waals surface area (Å²) in [5, 5.41) is 14.3. The van der Waals surface area contributed by atoms with E-state index in [1.165, 1.54) is 17.0 Å². The van der Waals surface area contributed by atoms with Gasteiger partial charge in [-0.05, 0) is 36.5 Å². The summed E-state index contributed by atoms with van der Waals surface area (Å²) in [6.07, 6.45) is 6.61. The number of carbonyl (C=O) groups excluding carboxylic acids is 1. The molecule has 5 aromatic rings. The van der Waals surface area contributed by atoms with Gasteiger partial charge in [0.1, 0.15) is 5.52 Å². The van der Waals surface area contributed by atoms with Crippen molar-refractivity contribution in [3.05, 3.63) is 90.4 Å². The largest absolute Gasteiger partial charge is 0.512 e. The van der Waals surface area contributed by atoms with Crippen molar-refractivity contribution in [3.63, 3.8) is 0 Å². The predicted molar refractivity (Wildman–Crippen MR) is 176 cm³/mol. The number of hydrogen-bond acceptors (Lipinski definition) is 4. The molecule has 3 aromatic carbocycles. The fraction of sp³-hybridized carbons (Fsp3) is 0.368. The Hall–Kier alpha value is -3.27. The van der Waals surface area contributed by atoms with Gasteiger partial charge in [-0.25, -0.2) is 0 Å². The zero-order chi connectivity index (χ0) is 30.4. The van der Waals surface area contributed by atoms with Crippen molar-refractivity contribution in [2.75, 3.05) is 0 Å². The van der Waals surface area contributed by atoms with Gasteiger partial charge in [0.05, 0.1) is 12.0 Å². The molecule has 5 rings (SSSR count). The van der Waals surface area contributed by atoms with Crippen LogP contribution in [0.1, 0.15) is 79.7 Å². The number of carbonyl (C=O) groups is 1. The quantitative estimate of drug-likeness (QED) is 0.0973. The first kappa shape index (κ1) is 34.2. The Morgan fingerprint density at radius 3 is 2.07 bits per heavy atom. The molecule has 2 aromatic heterocycles. The van der Waals surface area contributed by atoms with Gasteiger partial charge in [-0.1, -0.05) is 102 Å². The second-order valence-electron chi connectivity index (χ2n) is 12.0. The third kappa shape index (κ3) is 7.63. The number of furan rings is 1. The van der Waals surface area contributed by atoms with Gasteiger partial charge >= 0.3 is 0 Å². The average molecular weight is 755 g/mol. The molecule has 0 atom stereocenters. The summed E-state index contributed by atoms with van der Waals surface area (Å²) in [7, 11) is 0. The molecule has 0 aliphatic carbocycles. The number of benzene rings is 3. The number of nitrogens with zero attached hydrogens (tertiary/aromatic N) is 1. The normalized spacial score (nSPS) is 12.1. The maximum atomic E-state index is 11.7. The van der Waals surface area contributed by atoms with E-state index in [1.807, 2.05) is 45.9 Å². The second-order valence-corrected chi connectivity index (χ2v) is 12.0. The first-order chi connectivity index (χ1) is 20.1. The van der Waals surface area contributed by atoms with Gasteiger partial charge in [0.15, 0.2) is 11.4 Å². The molecule has 0 aliphatic rings. The van der Waals surface area contributed by atoms with E-state index in [0.717, 1.165) is 64.2 Å². The van der Waals surface area contributed by atoms with Crippen molar-refractivity contribution < 1.29 is 34.4 Å². The molecule has 4 nitrogen and oxygen atoms in total. The van der Waals surface area contributed by atoms with E-state index < -0.39 is 0 Å². The van der Waals surface area contributed by atoms with Gasteiger partial charge in [-0.2, -0.15) is 0 Å². The van der Waals surface area contributed by atoms with Crippen LogP contribution in [0, 0.1) is 17.9 Å². The first-order valence-electron chi connectivity index (χ1n) is 15.3. The first-order valence-corrected chi connectivity index (χ1v) is 15.3. The fourth-order valence-electron chi connectivity index (χ4n) is 5.62.